The lowest BCUT2D eigenvalue weighted by Crippen LogP contribution is -2.55. The van der Waals surface area contributed by atoms with E-state index in [-0.39, 0.29) is 30.1 Å². The molecule has 1 unspecified atom stereocenters. The van der Waals surface area contributed by atoms with Crippen LogP contribution >= 0.6 is 0 Å². The first kappa shape index (κ1) is 21.3. The summed E-state index contributed by atoms with van der Waals surface area (Å²) in [6.45, 7) is 2.93. The Morgan fingerprint density at radius 3 is 2.76 bits per heavy atom. The van der Waals surface area contributed by atoms with Gasteiger partial charge in [-0.1, -0.05) is 25.3 Å². The summed E-state index contributed by atoms with van der Waals surface area (Å²) in [5.74, 6) is -0.531. The third-order valence-corrected chi connectivity index (χ3v) is 5.94. The lowest BCUT2D eigenvalue weighted by molar-refractivity contribution is -0.146. The van der Waals surface area contributed by atoms with Crippen molar-refractivity contribution < 1.29 is 19.1 Å². The molecule has 2 fully saturated rings. The van der Waals surface area contributed by atoms with Crippen LogP contribution in [-0.2, 0) is 25.7 Å². The fraction of sp³-hybridized carbons (Fsp3) is 0.636. The van der Waals surface area contributed by atoms with E-state index in [0.29, 0.717) is 32.5 Å². The number of hydrogen-bond donors (Lipinski definition) is 1. The van der Waals surface area contributed by atoms with E-state index in [1.165, 1.54) is 0 Å². The number of pyridine rings is 1. The second kappa shape index (κ2) is 9.85. The molecule has 7 nitrogen and oxygen atoms in total. The maximum absolute atomic E-state index is 13.1. The SMILES string of the molecule is CCOC(=O)CC1(NC(=O)C2CCC(=O)N(Cc3ccccn3)C2)CCCCC1. The van der Waals surface area contributed by atoms with Gasteiger partial charge in [0.05, 0.1) is 36.7 Å². The largest absolute Gasteiger partial charge is 0.466 e. The van der Waals surface area contributed by atoms with Crippen molar-refractivity contribution in [2.75, 3.05) is 13.2 Å². The number of esters is 1. The Hall–Kier alpha value is -2.44. The van der Waals surface area contributed by atoms with Gasteiger partial charge in [-0.2, -0.15) is 0 Å². The van der Waals surface area contributed by atoms with Crippen molar-refractivity contribution in [2.45, 2.75) is 70.4 Å². The van der Waals surface area contributed by atoms with Crippen molar-refractivity contribution in [1.29, 1.82) is 0 Å². The molecule has 2 amide bonds. The molecule has 1 atom stereocenters. The zero-order chi connectivity index (χ0) is 20.7. The summed E-state index contributed by atoms with van der Waals surface area (Å²) >= 11 is 0. The zero-order valence-electron chi connectivity index (χ0n) is 17.2. The molecule has 1 saturated heterocycles. The number of rotatable bonds is 7. The highest BCUT2D eigenvalue weighted by atomic mass is 16.5. The summed E-state index contributed by atoms with van der Waals surface area (Å²) in [6.07, 6.45) is 7.52. The predicted octanol–water partition coefficient (Wildman–Crippen LogP) is 2.59. The topological polar surface area (TPSA) is 88.6 Å². The molecule has 3 rings (SSSR count). The number of nitrogens with one attached hydrogen (secondary N) is 1. The first-order valence-electron chi connectivity index (χ1n) is 10.7. The van der Waals surface area contributed by atoms with Crippen molar-refractivity contribution in [3.63, 3.8) is 0 Å². The van der Waals surface area contributed by atoms with E-state index in [1.807, 2.05) is 18.2 Å². The molecule has 2 aliphatic rings. The van der Waals surface area contributed by atoms with Gasteiger partial charge in [0.1, 0.15) is 0 Å². The fourth-order valence-electron chi connectivity index (χ4n) is 4.40. The molecule has 0 spiro atoms. The zero-order valence-corrected chi connectivity index (χ0v) is 17.2. The third kappa shape index (κ3) is 5.78. The highest BCUT2D eigenvalue weighted by Crippen LogP contribution is 2.32. The van der Waals surface area contributed by atoms with Crippen molar-refractivity contribution >= 4 is 17.8 Å². The van der Waals surface area contributed by atoms with Crippen LogP contribution in [0, 0.1) is 5.92 Å². The number of carbonyl (C=O) groups is 3. The molecule has 0 aromatic carbocycles. The number of amides is 2. The van der Waals surface area contributed by atoms with E-state index in [9.17, 15) is 14.4 Å². The molecule has 1 aliphatic carbocycles. The van der Waals surface area contributed by atoms with Crippen LogP contribution in [0.4, 0.5) is 0 Å². The van der Waals surface area contributed by atoms with Gasteiger partial charge in [-0.25, -0.2) is 0 Å². The minimum Gasteiger partial charge on any atom is -0.466 e. The highest BCUT2D eigenvalue weighted by molar-refractivity contribution is 5.85. The maximum atomic E-state index is 13.1. The molecular weight excluding hydrogens is 370 g/mol. The molecule has 158 valence electrons. The number of nitrogens with zero attached hydrogens (tertiary/aromatic N) is 2. The van der Waals surface area contributed by atoms with Crippen LogP contribution in [-0.4, -0.2) is 46.4 Å². The van der Waals surface area contributed by atoms with Crippen LogP contribution in [0.25, 0.3) is 0 Å². The van der Waals surface area contributed by atoms with Gasteiger partial charge in [0.2, 0.25) is 11.8 Å². The number of piperidine rings is 1. The number of aromatic nitrogens is 1. The number of likely N-dealkylation sites (tertiary alicyclic amines) is 1. The lowest BCUT2D eigenvalue weighted by Gasteiger charge is -2.40. The molecule has 1 N–H and O–H groups in total. The van der Waals surface area contributed by atoms with Crippen molar-refractivity contribution in [3.8, 4) is 0 Å². The molecular formula is C22H31N3O4. The van der Waals surface area contributed by atoms with Crippen LogP contribution < -0.4 is 5.32 Å². The summed E-state index contributed by atoms with van der Waals surface area (Å²) in [5.41, 5.74) is 0.294. The van der Waals surface area contributed by atoms with Gasteiger partial charge in [-0.3, -0.25) is 19.4 Å². The number of carbonyl (C=O) groups excluding carboxylic acids is 3. The van der Waals surface area contributed by atoms with Crippen molar-refractivity contribution in [3.05, 3.63) is 30.1 Å². The number of hydrogen-bond acceptors (Lipinski definition) is 5. The van der Waals surface area contributed by atoms with Crippen LogP contribution in [0.2, 0.25) is 0 Å². The van der Waals surface area contributed by atoms with Crippen LogP contribution in [0.3, 0.4) is 0 Å². The third-order valence-electron chi connectivity index (χ3n) is 5.94. The summed E-state index contributed by atoms with van der Waals surface area (Å²) < 4.78 is 5.14. The average molecular weight is 402 g/mol. The second-order valence-corrected chi connectivity index (χ2v) is 8.14. The first-order chi connectivity index (χ1) is 14.0. The van der Waals surface area contributed by atoms with Gasteiger partial charge in [0.25, 0.3) is 0 Å². The van der Waals surface area contributed by atoms with Crippen molar-refractivity contribution in [1.82, 2.24) is 15.2 Å². The van der Waals surface area contributed by atoms with E-state index in [0.717, 1.165) is 37.8 Å². The highest BCUT2D eigenvalue weighted by Gasteiger charge is 2.39. The van der Waals surface area contributed by atoms with Gasteiger partial charge in [-0.05, 0) is 38.3 Å². The normalized spacial score (nSPS) is 21.5. The van der Waals surface area contributed by atoms with Gasteiger partial charge in [0, 0.05) is 19.2 Å². The Bertz CT molecular complexity index is 716. The molecule has 1 aromatic heterocycles. The van der Waals surface area contributed by atoms with E-state index >= 15 is 0 Å². The quantitative estimate of drug-likeness (QED) is 0.710. The van der Waals surface area contributed by atoms with Crippen molar-refractivity contribution in [2.24, 2.45) is 5.92 Å². The molecule has 1 aliphatic heterocycles. The molecule has 2 heterocycles. The van der Waals surface area contributed by atoms with E-state index in [4.69, 9.17) is 4.74 Å². The first-order valence-corrected chi connectivity index (χ1v) is 10.7. The molecule has 29 heavy (non-hydrogen) atoms. The van der Waals surface area contributed by atoms with Gasteiger partial charge in [-0.15, -0.1) is 0 Å². The van der Waals surface area contributed by atoms with Crippen LogP contribution in [0.1, 0.15) is 64.0 Å². The Morgan fingerprint density at radius 1 is 1.28 bits per heavy atom. The minimum absolute atomic E-state index is 0.0543. The lowest BCUT2D eigenvalue weighted by atomic mass is 9.78. The standard InChI is InChI=1S/C22H31N3O4/c1-2-29-20(27)14-22(11-5-3-6-12-22)24-21(28)17-9-10-19(26)25(15-17)16-18-8-4-7-13-23-18/h4,7-8,13,17H,2-3,5-6,9-12,14-16H2,1H3,(H,24,28). The molecule has 1 aromatic rings. The summed E-state index contributed by atoms with van der Waals surface area (Å²) in [4.78, 5) is 43.6. The monoisotopic (exact) mass is 401 g/mol. The average Bonchev–Trinajstić information content (AvgIpc) is 2.71. The van der Waals surface area contributed by atoms with Crippen LogP contribution in [0.15, 0.2) is 24.4 Å². The van der Waals surface area contributed by atoms with Gasteiger partial charge >= 0.3 is 5.97 Å². The smallest absolute Gasteiger partial charge is 0.308 e. The summed E-state index contributed by atoms with van der Waals surface area (Å²) in [5, 5.41) is 3.20. The number of ether oxygens (including phenoxy) is 1. The molecule has 7 heteroatoms. The molecule has 0 radical (unpaired) electrons. The summed E-state index contributed by atoms with van der Waals surface area (Å²) in [6, 6.07) is 5.61. The Labute approximate surface area is 172 Å². The maximum Gasteiger partial charge on any atom is 0.308 e. The van der Waals surface area contributed by atoms with Gasteiger partial charge < -0.3 is 15.0 Å². The Balaban J connectivity index is 1.64. The van der Waals surface area contributed by atoms with E-state index in [1.54, 1.807) is 18.0 Å². The Kier molecular flexibility index (Phi) is 7.23. The minimum atomic E-state index is -0.519. The molecule has 0 bridgehead atoms. The molecule has 1 saturated carbocycles. The van der Waals surface area contributed by atoms with Crippen LogP contribution in [0.5, 0.6) is 0 Å². The second-order valence-electron chi connectivity index (χ2n) is 8.14. The van der Waals surface area contributed by atoms with E-state index in [2.05, 4.69) is 10.3 Å². The van der Waals surface area contributed by atoms with E-state index < -0.39 is 5.54 Å². The summed E-state index contributed by atoms with van der Waals surface area (Å²) in [7, 11) is 0. The Morgan fingerprint density at radius 2 is 2.07 bits per heavy atom. The van der Waals surface area contributed by atoms with Gasteiger partial charge in [0.15, 0.2) is 0 Å². The fourth-order valence-corrected chi connectivity index (χ4v) is 4.40. The predicted molar refractivity (Wildman–Crippen MR) is 108 cm³/mol.